The van der Waals surface area contributed by atoms with Crippen LogP contribution in [0.4, 0.5) is 0 Å². The molecule has 1 aromatic heterocycles. The number of hydrogen-bond donors (Lipinski definition) is 1. The highest BCUT2D eigenvalue weighted by Crippen LogP contribution is 2.22. The lowest BCUT2D eigenvalue weighted by atomic mass is 10.1. The van der Waals surface area contributed by atoms with E-state index in [4.69, 9.17) is 4.74 Å². The highest BCUT2D eigenvalue weighted by atomic mass is 16.5. The fourth-order valence-corrected chi connectivity index (χ4v) is 2.80. The molecule has 1 aliphatic rings. The molecular formula is C15H26N2O. The molecule has 3 nitrogen and oxygen atoms in total. The van der Waals surface area contributed by atoms with Crippen molar-refractivity contribution >= 4 is 0 Å². The van der Waals surface area contributed by atoms with Gasteiger partial charge in [0.2, 0.25) is 0 Å². The maximum atomic E-state index is 5.87. The summed E-state index contributed by atoms with van der Waals surface area (Å²) in [5.41, 5.74) is 1.39. The summed E-state index contributed by atoms with van der Waals surface area (Å²) in [7, 11) is 2.04. The van der Waals surface area contributed by atoms with Gasteiger partial charge in [-0.3, -0.25) is 0 Å². The minimum absolute atomic E-state index is 0.402. The van der Waals surface area contributed by atoms with Gasteiger partial charge in [-0.2, -0.15) is 0 Å². The van der Waals surface area contributed by atoms with Gasteiger partial charge in [-0.05, 0) is 44.9 Å². The first-order valence-electron chi connectivity index (χ1n) is 7.21. The molecule has 18 heavy (non-hydrogen) atoms. The molecule has 0 aromatic carbocycles. The Morgan fingerprint density at radius 1 is 1.50 bits per heavy atom. The molecule has 1 aromatic rings. The van der Waals surface area contributed by atoms with E-state index in [-0.39, 0.29) is 0 Å². The minimum Gasteiger partial charge on any atom is -0.373 e. The maximum absolute atomic E-state index is 5.87. The molecular weight excluding hydrogens is 224 g/mol. The first-order valence-corrected chi connectivity index (χ1v) is 7.21. The van der Waals surface area contributed by atoms with E-state index in [1.807, 2.05) is 7.05 Å². The third-order valence-corrected chi connectivity index (χ3v) is 3.84. The second kappa shape index (κ2) is 6.39. The topological polar surface area (TPSA) is 26.2 Å². The first kappa shape index (κ1) is 13.6. The van der Waals surface area contributed by atoms with Crippen molar-refractivity contribution in [3.63, 3.8) is 0 Å². The van der Waals surface area contributed by atoms with Crippen molar-refractivity contribution in [2.75, 3.05) is 7.05 Å². The van der Waals surface area contributed by atoms with Crippen molar-refractivity contribution < 1.29 is 4.74 Å². The van der Waals surface area contributed by atoms with Crippen molar-refractivity contribution in [2.24, 2.45) is 0 Å². The Morgan fingerprint density at radius 2 is 2.33 bits per heavy atom. The maximum Gasteiger partial charge on any atom is 0.0758 e. The van der Waals surface area contributed by atoms with Crippen LogP contribution in [0.3, 0.4) is 0 Å². The quantitative estimate of drug-likeness (QED) is 0.839. The van der Waals surface area contributed by atoms with E-state index in [1.54, 1.807) is 0 Å². The number of rotatable bonds is 6. The molecule has 0 bridgehead atoms. The first-order chi connectivity index (χ1) is 8.72. The van der Waals surface area contributed by atoms with Gasteiger partial charge < -0.3 is 14.6 Å². The summed E-state index contributed by atoms with van der Waals surface area (Å²) in [6, 6.07) is 2.72. The zero-order chi connectivity index (χ0) is 13.0. The van der Waals surface area contributed by atoms with Gasteiger partial charge in [-0.25, -0.2) is 0 Å². The van der Waals surface area contributed by atoms with Crippen LogP contribution in [0.5, 0.6) is 0 Å². The van der Waals surface area contributed by atoms with Gasteiger partial charge in [0.25, 0.3) is 0 Å². The lowest BCUT2D eigenvalue weighted by Gasteiger charge is -2.14. The van der Waals surface area contributed by atoms with Crippen LogP contribution in [0.2, 0.25) is 0 Å². The van der Waals surface area contributed by atoms with Crippen molar-refractivity contribution in [1.29, 1.82) is 0 Å². The summed E-state index contributed by atoms with van der Waals surface area (Å²) in [5.74, 6) is 0. The summed E-state index contributed by atoms with van der Waals surface area (Å²) in [6.45, 7) is 5.39. The summed E-state index contributed by atoms with van der Waals surface area (Å²) >= 11 is 0. The van der Waals surface area contributed by atoms with Crippen LogP contribution in [0, 0.1) is 0 Å². The number of nitrogens with one attached hydrogen (secondary N) is 1. The molecule has 3 atom stereocenters. The van der Waals surface area contributed by atoms with E-state index in [9.17, 15) is 0 Å². The Morgan fingerprint density at radius 3 is 2.94 bits per heavy atom. The molecule has 2 heterocycles. The number of aromatic nitrogens is 1. The monoisotopic (exact) mass is 250 g/mol. The molecule has 1 N–H and O–H groups in total. The molecule has 2 rings (SSSR count). The molecule has 1 fully saturated rings. The summed E-state index contributed by atoms with van der Waals surface area (Å²) in [5, 5.41) is 3.39. The van der Waals surface area contributed by atoms with Gasteiger partial charge in [0.05, 0.1) is 12.2 Å². The zero-order valence-electron chi connectivity index (χ0n) is 11.9. The van der Waals surface area contributed by atoms with Gasteiger partial charge >= 0.3 is 0 Å². The molecule has 1 aliphatic heterocycles. The average molecular weight is 250 g/mol. The predicted molar refractivity (Wildman–Crippen MR) is 74.7 cm³/mol. The van der Waals surface area contributed by atoms with Gasteiger partial charge in [0.1, 0.15) is 0 Å². The number of ether oxygens (including phenoxy) is 1. The molecule has 0 saturated carbocycles. The number of hydrogen-bond acceptors (Lipinski definition) is 2. The van der Waals surface area contributed by atoms with Crippen LogP contribution >= 0.6 is 0 Å². The zero-order valence-corrected chi connectivity index (χ0v) is 11.9. The molecule has 0 aliphatic carbocycles. The van der Waals surface area contributed by atoms with Gasteiger partial charge in [-0.1, -0.05) is 13.3 Å². The van der Waals surface area contributed by atoms with E-state index in [2.05, 4.69) is 42.2 Å². The molecule has 0 amide bonds. The lowest BCUT2D eigenvalue weighted by molar-refractivity contribution is 0.0458. The molecule has 0 radical (unpaired) electrons. The largest absolute Gasteiger partial charge is 0.373 e. The summed E-state index contributed by atoms with van der Waals surface area (Å²) < 4.78 is 8.15. The summed E-state index contributed by atoms with van der Waals surface area (Å²) in [4.78, 5) is 0. The predicted octanol–water partition coefficient (Wildman–Crippen LogP) is 3.12. The van der Waals surface area contributed by atoms with E-state index >= 15 is 0 Å². The van der Waals surface area contributed by atoms with Crippen molar-refractivity contribution in [1.82, 2.24) is 9.88 Å². The second-order valence-electron chi connectivity index (χ2n) is 5.42. The van der Waals surface area contributed by atoms with Gasteiger partial charge in [0, 0.05) is 25.0 Å². The van der Waals surface area contributed by atoms with E-state index in [0.717, 1.165) is 6.54 Å². The van der Waals surface area contributed by atoms with Gasteiger partial charge in [-0.15, -0.1) is 0 Å². The smallest absolute Gasteiger partial charge is 0.0758 e. The van der Waals surface area contributed by atoms with Crippen LogP contribution < -0.4 is 5.32 Å². The summed E-state index contributed by atoms with van der Waals surface area (Å²) in [6.07, 6.45) is 10.1. The highest BCUT2D eigenvalue weighted by Gasteiger charge is 2.22. The third kappa shape index (κ3) is 3.36. The van der Waals surface area contributed by atoms with Crippen molar-refractivity contribution in [2.45, 2.75) is 64.3 Å². The lowest BCUT2D eigenvalue weighted by Crippen LogP contribution is -2.17. The number of nitrogens with zero attached hydrogens (tertiary/aromatic N) is 1. The Kier molecular flexibility index (Phi) is 4.84. The standard InChI is InChI=1S/C15H26N2O/c1-4-5-15(16-3)13-8-9-17(10-13)11-14-7-6-12(2)18-14/h8-10,12,14-16H,4-7,11H2,1-3H3. The average Bonchev–Trinajstić information content (AvgIpc) is 2.96. The molecule has 3 heteroatoms. The SMILES string of the molecule is CCCC(NC)c1ccn(CC2CCC(C)O2)c1. The minimum atomic E-state index is 0.402. The van der Waals surface area contributed by atoms with Gasteiger partial charge in [0.15, 0.2) is 0 Å². The molecule has 1 saturated heterocycles. The fourth-order valence-electron chi connectivity index (χ4n) is 2.80. The molecule has 3 unspecified atom stereocenters. The fraction of sp³-hybridized carbons (Fsp3) is 0.733. The normalized spacial score (nSPS) is 25.5. The van der Waals surface area contributed by atoms with Crippen LogP contribution in [0.1, 0.15) is 51.1 Å². The third-order valence-electron chi connectivity index (χ3n) is 3.84. The van der Waals surface area contributed by atoms with Crippen LogP contribution in [-0.4, -0.2) is 23.8 Å². The van der Waals surface area contributed by atoms with E-state index < -0.39 is 0 Å². The Bertz CT molecular complexity index is 361. The van der Waals surface area contributed by atoms with Crippen LogP contribution in [-0.2, 0) is 11.3 Å². The van der Waals surface area contributed by atoms with Crippen LogP contribution in [0.25, 0.3) is 0 Å². The highest BCUT2D eigenvalue weighted by molar-refractivity contribution is 5.15. The Labute approximate surface area is 111 Å². The van der Waals surface area contributed by atoms with E-state index in [0.29, 0.717) is 18.2 Å². The van der Waals surface area contributed by atoms with Crippen molar-refractivity contribution in [3.8, 4) is 0 Å². The molecule has 102 valence electrons. The Balaban J connectivity index is 1.92. The van der Waals surface area contributed by atoms with Crippen molar-refractivity contribution in [3.05, 3.63) is 24.0 Å². The Hall–Kier alpha value is -0.800. The molecule has 0 spiro atoms. The van der Waals surface area contributed by atoms with Crippen LogP contribution in [0.15, 0.2) is 18.5 Å². The van der Waals surface area contributed by atoms with E-state index in [1.165, 1.54) is 31.2 Å². The second-order valence-corrected chi connectivity index (χ2v) is 5.42.